The Morgan fingerprint density at radius 2 is 2.03 bits per heavy atom. The molecule has 0 radical (unpaired) electrons. The Labute approximate surface area is 186 Å². The number of halogens is 2. The van der Waals surface area contributed by atoms with E-state index in [1.165, 1.54) is 37.5 Å². The average molecular weight is 478 g/mol. The van der Waals surface area contributed by atoms with E-state index in [2.05, 4.69) is 4.98 Å². The molecule has 0 spiro atoms. The molecule has 2 aromatic heterocycles. The molecule has 1 aromatic carbocycles. The minimum absolute atomic E-state index is 0.00723. The van der Waals surface area contributed by atoms with Crippen molar-refractivity contribution >= 4 is 43.8 Å². The number of nitrogens with one attached hydrogen (secondary N) is 1. The molecule has 4 rings (SSSR count). The second-order valence-corrected chi connectivity index (χ2v) is 10.3. The number of aromatic nitrogens is 2. The summed E-state index contributed by atoms with van der Waals surface area (Å²) in [4.78, 5) is 25.2. The van der Waals surface area contributed by atoms with Gasteiger partial charge in [-0.1, -0.05) is 23.8 Å². The van der Waals surface area contributed by atoms with E-state index in [0.29, 0.717) is 11.0 Å². The van der Waals surface area contributed by atoms with E-state index >= 15 is 0 Å². The first-order chi connectivity index (χ1) is 15.0. The zero-order valence-electron chi connectivity index (χ0n) is 16.9. The number of non-ortho nitro benzene ring substituents is 1. The third-order valence-corrected chi connectivity index (χ3v) is 8.58. The first-order valence-corrected chi connectivity index (χ1v) is 11.3. The summed E-state index contributed by atoms with van der Waals surface area (Å²) in [5, 5.41) is 11.2. The fourth-order valence-corrected chi connectivity index (χ4v) is 5.84. The molecule has 1 aliphatic rings. The van der Waals surface area contributed by atoms with Crippen LogP contribution in [0.3, 0.4) is 0 Å². The Bertz CT molecular complexity index is 1520. The number of pyridine rings is 1. The molecule has 0 saturated heterocycles. The highest BCUT2D eigenvalue weighted by Crippen LogP contribution is 2.41. The second-order valence-electron chi connectivity index (χ2n) is 7.70. The molecule has 11 heteroatoms. The first-order valence-electron chi connectivity index (χ1n) is 9.44. The van der Waals surface area contributed by atoms with Crippen molar-refractivity contribution in [3.63, 3.8) is 0 Å². The molecule has 166 valence electrons. The normalized spacial score (nSPS) is 19.0. The molecule has 8 nitrogen and oxygen atoms in total. The lowest BCUT2D eigenvalue weighted by Crippen LogP contribution is -2.41. The summed E-state index contributed by atoms with van der Waals surface area (Å²) in [6.07, 6.45) is 5.68. The number of hydrogen-bond acceptors (Lipinski definition) is 5. The molecule has 1 N–H and O–H groups in total. The van der Waals surface area contributed by atoms with Crippen LogP contribution < -0.4 is 5.56 Å². The summed E-state index contributed by atoms with van der Waals surface area (Å²) in [5.74, 6) is -0.832. The first kappa shape index (κ1) is 22.0. The van der Waals surface area contributed by atoms with Crippen LogP contribution in [0.1, 0.15) is 25.8 Å². The van der Waals surface area contributed by atoms with Crippen molar-refractivity contribution in [2.24, 2.45) is 0 Å². The summed E-state index contributed by atoms with van der Waals surface area (Å²) in [6.45, 7) is 3.10. The topological polar surface area (TPSA) is 115 Å². The molecule has 0 amide bonds. The summed E-state index contributed by atoms with van der Waals surface area (Å²) in [6, 6.07) is 5.12. The predicted octanol–water partition coefficient (Wildman–Crippen LogP) is 4.40. The predicted molar refractivity (Wildman–Crippen MR) is 120 cm³/mol. The molecule has 1 unspecified atom stereocenters. The smallest absolute Gasteiger partial charge is 0.273 e. The fraction of sp³-hybridized carbons (Fsp3) is 0.190. The zero-order valence-corrected chi connectivity index (χ0v) is 18.5. The van der Waals surface area contributed by atoms with Crippen LogP contribution in [-0.2, 0) is 10.0 Å². The SMILES string of the molecule is CC1=CC(c2cc([N+](=O)[O-])cc(Cl)c2F)=CCC1(C)S(=O)(=O)n1ccc2cc[nH]c(=O)c21. The number of rotatable bonds is 4. The molecule has 0 saturated carbocycles. The van der Waals surface area contributed by atoms with Crippen LogP contribution in [0.25, 0.3) is 16.5 Å². The van der Waals surface area contributed by atoms with Crippen LogP contribution in [0.15, 0.2) is 59.2 Å². The van der Waals surface area contributed by atoms with Gasteiger partial charge in [0.2, 0.25) is 10.0 Å². The number of allylic oxidation sites excluding steroid dienone is 3. The van der Waals surface area contributed by atoms with Crippen LogP contribution >= 0.6 is 11.6 Å². The van der Waals surface area contributed by atoms with Gasteiger partial charge in [0, 0.05) is 35.5 Å². The minimum Gasteiger partial charge on any atom is -0.327 e. The van der Waals surface area contributed by atoms with Crippen molar-refractivity contribution in [2.75, 3.05) is 0 Å². The number of nitro benzene ring substituents is 1. The van der Waals surface area contributed by atoms with E-state index < -0.39 is 36.1 Å². The van der Waals surface area contributed by atoms with Gasteiger partial charge < -0.3 is 4.98 Å². The lowest BCUT2D eigenvalue weighted by Gasteiger charge is -2.33. The highest BCUT2D eigenvalue weighted by atomic mass is 35.5. The number of benzene rings is 1. The molecule has 0 bridgehead atoms. The van der Waals surface area contributed by atoms with Crippen molar-refractivity contribution in [1.29, 1.82) is 0 Å². The van der Waals surface area contributed by atoms with Crippen molar-refractivity contribution < 1.29 is 17.7 Å². The van der Waals surface area contributed by atoms with Crippen molar-refractivity contribution in [2.45, 2.75) is 25.0 Å². The van der Waals surface area contributed by atoms with Gasteiger partial charge in [-0.2, -0.15) is 0 Å². The van der Waals surface area contributed by atoms with Crippen LogP contribution in [0, 0.1) is 15.9 Å². The summed E-state index contributed by atoms with van der Waals surface area (Å²) in [5.41, 5.74) is -0.336. The van der Waals surface area contributed by atoms with Crippen LogP contribution in [0.4, 0.5) is 10.1 Å². The molecule has 1 atom stereocenters. The number of aromatic amines is 1. The van der Waals surface area contributed by atoms with E-state index in [1.54, 1.807) is 13.0 Å². The summed E-state index contributed by atoms with van der Waals surface area (Å²) in [7, 11) is -4.11. The third-order valence-electron chi connectivity index (χ3n) is 5.86. The Morgan fingerprint density at radius 3 is 2.69 bits per heavy atom. The summed E-state index contributed by atoms with van der Waals surface area (Å²) < 4.78 is 41.4. The van der Waals surface area contributed by atoms with Gasteiger partial charge in [-0.05, 0) is 43.5 Å². The molecule has 0 aliphatic heterocycles. The molecule has 2 heterocycles. The lowest BCUT2D eigenvalue weighted by molar-refractivity contribution is -0.384. The quantitative estimate of drug-likeness (QED) is 0.441. The van der Waals surface area contributed by atoms with E-state index in [4.69, 9.17) is 11.6 Å². The minimum atomic E-state index is -4.11. The van der Waals surface area contributed by atoms with Crippen LogP contribution in [0.2, 0.25) is 5.02 Å². The highest BCUT2D eigenvalue weighted by molar-refractivity contribution is 7.91. The molecule has 1 aliphatic carbocycles. The molecule has 0 fully saturated rings. The third kappa shape index (κ3) is 3.18. The standard InChI is InChI=1S/C21H17ClFN3O5S/c1-12-9-14(16-10-15(26(28)29)11-17(22)18(16)23)3-6-21(12,2)32(30,31)25-8-5-13-4-7-24-20(27)19(13)25/h3-5,7-11H,6H2,1-2H3,(H,24,27). The lowest BCUT2D eigenvalue weighted by atomic mass is 9.87. The zero-order chi connectivity index (χ0) is 23.4. The number of nitro groups is 1. The molecular weight excluding hydrogens is 461 g/mol. The van der Waals surface area contributed by atoms with E-state index in [-0.39, 0.29) is 28.8 Å². The van der Waals surface area contributed by atoms with Crippen molar-refractivity contribution in [3.8, 4) is 0 Å². The number of fused-ring (bicyclic) bond motifs is 1. The van der Waals surface area contributed by atoms with E-state index in [0.717, 1.165) is 16.1 Å². The maximum absolute atomic E-state index is 14.6. The average Bonchev–Trinajstić information content (AvgIpc) is 3.18. The second kappa shape index (κ2) is 7.42. The molecule has 3 aromatic rings. The van der Waals surface area contributed by atoms with E-state index in [9.17, 15) is 27.7 Å². The van der Waals surface area contributed by atoms with Crippen LogP contribution in [-0.4, -0.2) is 27.0 Å². The Morgan fingerprint density at radius 1 is 1.31 bits per heavy atom. The van der Waals surface area contributed by atoms with Gasteiger partial charge in [-0.15, -0.1) is 0 Å². The highest BCUT2D eigenvalue weighted by Gasteiger charge is 2.43. The number of nitrogens with zero attached hydrogens (tertiary/aromatic N) is 2. The maximum atomic E-state index is 14.6. The largest absolute Gasteiger partial charge is 0.327 e. The van der Waals surface area contributed by atoms with Gasteiger partial charge in [-0.25, -0.2) is 16.8 Å². The van der Waals surface area contributed by atoms with Crippen molar-refractivity contribution in [1.82, 2.24) is 8.96 Å². The molecular formula is C21H17ClFN3O5S. The van der Waals surface area contributed by atoms with Gasteiger partial charge in [0.05, 0.1) is 9.95 Å². The fourth-order valence-electron chi connectivity index (χ4n) is 3.78. The summed E-state index contributed by atoms with van der Waals surface area (Å²) >= 11 is 5.83. The van der Waals surface area contributed by atoms with Gasteiger partial charge in [-0.3, -0.25) is 14.9 Å². The van der Waals surface area contributed by atoms with Crippen molar-refractivity contribution in [3.05, 3.63) is 91.3 Å². The van der Waals surface area contributed by atoms with Crippen LogP contribution in [0.5, 0.6) is 0 Å². The number of hydrogen-bond donors (Lipinski definition) is 1. The Hall–Kier alpha value is -3.24. The Kier molecular flexibility index (Phi) is 5.09. The van der Waals surface area contributed by atoms with E-state index in [1.807, 2.05) is 0 Å². The Balaban J connectivity index is 1.82. The van der Waals surface area contributed by atoms with Gasteiger partial charge >= 0.3 is 0 Å². The monoisotopic (exact) mass is 477 g/mol. The van der Waals surface area contributed by atoms with Gasteiger partial charge in [0.15, 0.2) is 0 Å². The van der Waals surface area contributed by atoms with Gasteiger partial charge in [0.1, 0.15) is 16.1 Å². The number of H-pyrrole nitrogens is 1. The molecule has 32 heavy (non-hydrogen) atoms. The maximum Gasteiger partial charge on any atom is 0.273 e. The van der Waals surface area contributed by atoms with Gasteiger partial charge in [0.25, 0.3) is 11.2 Å².